The van der Waals surface area contributed by atoms with Gasteiger partial charge in [0.1, 0.15) is 0 Å². The summed E-state index contributed by atoms with van der Waals surface area (Å²) in [4.78, 5) is 14.2. The number of benzene rings is 1. The number of thiophene rings is 1. The molecule has 0 aliphatic carbocycles. The summed E-state index contributed by atoms with van der Waals surface area (Å²) >= 11 is 7.78. The van der Waals surface area contributed by atoms with Gasteiger partial charge in [0.2, 0.25) is 0 Å². The van der Waals surface area contributed by atoms with E-state index in [2.05, 4.69) is 32.0 Å². The Hall–Kier alpha value is -0.910. The lowest BCUT2D eigenvalue weighted by molar-refractivity contribution is 0.0984. The maximum atomic E-state index is 12.5. The molecule has 0 saturated heterocycles. The van der Waals surface area contributed by atoms with E-state index in [9.17, 15) is 9.90 Å². The van der Waals surface area contributed by atoms with Crippen LogP contribution in [0.1, 0.15) is 63.8 Å². The number of halogens is 2. The average Bonchev–Trinajstić information content (AvgIpc) is 3.03. The standard InChI is InChI=1S/C22H30ClNO2S.ClH/c1-4-22(24,14-25)11-10-20-18(23)13-21(27-20)19(26)7-5-6-17-9-8-15(2)16(3)12-17;/h8-9,12-13,25H,4-7,10-11,14,24H2,1-3H3;1H/t22-;/m1./s1. The summed E-state index contributed by atoms with van der Waals surface area (Å²) in [6.07, 6.45) is 4.30. The van der Waals surface area contributed by atoms with Crippen molar-refractivity contribution in [2.75, 3.05) is 6.61 Å². The second-order valence-corrected chi connectivity index (χ2v) is 9.00. The van der Waals surface area contributed by atoms with Crippen LogP contribution in [0, 0.1) is 13.8 Å². The minimum absolute atomic E-state index is 0. The number of carbonyl (C=O) groups is 1. The molecule has 1 heterocycles. The van der Waals surface area contributed by atoms with E-state index in [1.807, 2.05) is 6.92 Å². The highest BCUT2D eigenvalue weighted by Crippen LogP contribution is 2.31. The van der Waals surface area contributed by atoms with Crippen LogP contribution in [-0.2, 0) is 12.8 Å². The average molecular weight is 444 g/mol. The Morgan fingerprint density at radius 2 is 1.93 bits per heavy atom. The van der Waals surface area contributed by atoms with Crippen LogP contribution in [0.3, 0.4) is 0 Å². The summed E-state index contributed by atoms with van der Waals surface area (Å²) in [5.74, 6) is 0.147. The number of aliphatic hydroxyl groups is 1. The molecule has 1 aromatic carbocycles. The Kier molecular flexibility index (Phi) is 10.2. The Balaban J connectivity index is 0.00000392. The van der Waals surface area contributed by atoms with Crippen molar-refractivity contribution in [3.8, 4) is 0 Å². The van der Waals surface area contributed by atoms with E-state index in [1.54, 1.807) is 6.07 Å². The van der Waals surface area contributed by atoms with Crippen molar-refractivity contribution in [1.82, 2.24) is 0 Å². The van der Waals surface area contributed by atoms with Crippen LogP contribution < -0.4 is 5.73 Å². The van der Waals surface area contributed by atoms with Gasteiger partial charge in [0.25, 0.3) is 0 Å². The van der Waals surface area contributed by atoms with Gasteiger partial charge in [-0.3, -0.25) is 4.79 Å². The van der Waals surface area contributed by atoms with E-state index in [-0.39, 0.29) is 24.8 Å². The smallest absolute Gasteiger partial charge is 0.172 e. The van der Waals surface area contributed by atoms with E-state index >= 15 is 0 Å². The Morgan fingerprint density at radius 3 is 2.54 bits per heavy atom. The highest BCUT2D eigenvalue weighted by atomic mass is 35.5. The van der Waals surface area contributed by atoms with Gasteiger partial charge in [0.05, 0.1) is 16.5 Å². The maximum Gasteiger partial charge on any atom is 0.172 e. The van der Waals surface area contributed by atoms with Crippen molar-refractivity contribution in [1.29, 1.82) is 0 Å². The molecule has 0 aliphatic heterocycles. The number of carbonyl (C=O) groups excluding carboxylic acids is 1. The van der Waals surface area contributed by atoms with E-state index in [0.717, 1.165) is 22.6 Å². The van der Waals surface area contributed by atoms with E-state index in [0.29, 0.717) is 30.7 Å². The molecule has 6 heteroatoms. The molecule has 3 N–H and O–H groups in total. The molecule has 0 fully saturated rings. The van der Waals surface area contributed by atoms with Gasteiger partial charge in [0, 0.05) is 16.8 Å². The van der Waals surface area contributed by atoms with Crippen LogP contribution >= 0.6 is 35.3 Å². The summed E-state index contributed by atoms with van der Waals surface area (Å²) in [6, 6.07) is 8.26. The van der Waals surface area contributed by atoms with Gasteiger partial charge in [-0.15, -0.1) is 23.7 Å². The lowest BCUT2D eigenvalue weighted by Crippen LogP contribution is -2.43. The van der Waals surface area contributed by atoms with Crippen LogP contribution in [0.2, 0.25) is 5.02 Å². The van der Waals surface area contributed by atoms with Gasteiger partial charge < -0.3 is 10.8 Å². The molecule has 2 rings (SSSR count). The van der Waals surface area contributed by atoms with E-state index in [1.165, 1.54) is 28.0 Å². The minimum Gasteiger partial charge on any atom is -0.394 e. The number of rotatable bonds is 10. The number of hydrogen-bond donors (Lipinski definition) is 2. The predicted molar refractivity (Wildman–Crippen MR) is 122 cm³/mol. The molecule has 0 unspecified atom stereocenters. The Bertz CT molecular complexity index is 785. The summed E-state index contributed by atoms with van der Waals surface area (Å²) < 4.78 is 0. The molecule has 0 spiro atoms. The molecule has 0 bridgehead atoms. The van der Waals surface area contributed by atoms with Crippen molar-refractivity contribution in [2.45, 2.75) is 64.8 Å². The summed E-state index contributed by atoms with van der Waals surface area (Å²) in [5, 5.41) is 10.1. The first kappa shape index (κ1) is 25.1. The van der Waals surface area contributed by atoms with E-state index in [4.69, 9.17) is 17.3 Å². The van der Waals surface area contributed by atoms with E-state index < -0.39 is 5.54 Å². The summed E-state index contributed by atoms with van der Waals surface area (Å²) in [6.45, 7) is 6.15. The number of Topliss-reactive ketones (excluding diaryl/α,β-unsaturated/α-hetero) is 1. The fraction of sp³-hybridized carbons (Fsp3) is 0.500. The fourth-order valence-corrected chi connectivity index (χ4v) is 4.38. The maximum absolute atomic E-state index is 12.5. The molecule has 2 aromatic rings. The highest BCUT2D eigenvalue weighted by molar-refractivity contribution is 7.14. The zero-order valence-electron chi connectivity index (χ0n) is 16.9. The van der Waals surface area contributed by atoms with Gasteiger partial charge in [-0.2, -0.15) is 0 Å². The van der Waals surface area contributed by atoms with Crippen LogP contribution in [0.25, 0.3) is 0 Å². The van der Waals surface area contributed by atoms with Gasteiger partial charge in [-0.05, 0) is 68.7 Å². The lowest BCUT2D eigenvalue weighted by Gasteiger charge is -2.25. The van der Waals surface area contributed by atoms with Crippen LogP contribution in [0.15, 0.2) is 24.3 Å². The zero-order chi connectivity index (χ0) is 20.0. The van der Waals surface area contributed by atoms with Crippen molar-refractivity contribution in [3.63, 3.8) is 0 Å². The highest BCUT2D eigenvalue weighted by Gasteiger charge is 2.23. The Labute approximate surface area is 183 Å². The number of ketones is 1. The monoisotopic (exact) mass is 443 g/mol. The topological polar surface area (TPSA) is 63.3 Å². The van der Waals surface area contributed by atoms with Crippen LogP contribution in [-0.4, -0.2) is 23.0 Å². The first-order valence-electron chi connectivity index (χ1n) is 9.55. The molecule has 0 aliphatic rings. The molecule has 1 aromatic heterocycles. The quantitative estimate of drug-likeness (QED) is 0.464. The molecule has 28 heavy (non-hydrogen) atoms. The predicted octanol–water partition coefficient (Wildman–Crippen LogP) is 5.68. The summed E-state index contributed by atoms with van der Waals surface area (Å²) in [5.41, 5.74) is 9.43. The molecule has 0 saturated carbocycles. The number of nitrogens with two attached hydrogens (primary N) is 1. The third-order valence-electron chi connectivity index (χ3n) is 5.34. The first-order chi connectivity index (χ1) is 12.8. The molecular formula is C22H31Cl2NO2S. The number of aliphatic hydroxyl groups excluding tert-OH is 1. The van der Waals surface area contributed by atoms with Gasteiger partial charge in [-0.1, -0.05) is 36.7 Å². The van der Waals surface area contributed by atoms with Crippen LogP contribution in [0.5, 0.6) is 0 Å². The van der Waals surface area contributed by atoms with Crippen molar-refractivity contribution in [2.24, 2.45) is 5.73 Å². The SMILES string of the molecule is CC[C@](N)(CO)CCc1sc(C(=O)CCCc2ccc(C)c(C)c2)cc1Cl.Cl. The number of hydrogen-bond acceptors (Lipinski definition) is 4. The van der Waals surface area contributed by atoms with Crippen molar-refractivity contribution >= 4 is 41.1 Å². The number of aryl methyl sites for hydroxylation is 4. The molecule has 1 atom stereocenters. The first-order valence-corrected chi connectivity index (χ1v) is 10.7. The second kappa shape index (κ2) is 11.3. The molecule has 156 valence electrons. The van der Waals surface area contributed by atoms with Gasteiger partial charge >= 0.3 is 0 Å². The summed E-state index contributed by atoms with van der Waals surface area (Å²) in [7, 11) is 0. The molecule has 0 amide bonds. The normalized spacial score (nSPS) is 13.1. The minimum atomic E-state index is -0.580. The lowest BCUT2D eigenvalue weighted by atomic mass is 9.92. The van der Waals surface area contributed by atoms with Crippen molar-refractivity contribution < 1.29 is 9.90 Å². The van der Waals surface area contributed by atoms with Crippen LogP contribution in [0.4, 0.5) is 0 Å². The van der Waals surface area contributed by atoms with Gasteiger partial charge in [-0.25, -0.2) is 0 Å². The molecule has 0 radical (unpaired) electrons. The zero-order valence-corrected chi connectivity index (χ0v) is 19.3. The third-order valence-corrected chi connectivity index (χ3v) is 7.03. The molecule has 3 nitrogen and oxygen atoms in total. The van der Waals surface area contributed by atoms with Crippen molar-refractivity contribution in [3.05, 3.63) is 55.7 Å². The third kappa shape index (κ3) is 6.85. The Morgan fingerprint density at radius 1 is 1.21 bits per heavy atom. The molecular weight excluding hydrogens is 413 g/mol. The fourth-order valence-electron chi connectivity index (χ4n) is 2.98. The second-order valence-electron chi connectivity index (χ2n) is 7.45. The largest absolute Gasteiger partial charge is 0.394 e. The van der Waals surface area contributed by atoms with Gasteiger partial charge in [0.15, 0.2) is 5.78 Å².